The molecule has 0 aromatic heterocycles. The summed E-state index contributed by atoms with van der Waals surface area (Å²) in [6.07, 6.45) is 52.3. The summed E-state index contributed by atoms with van der Waals surface area (Å²) < 4.78 is 48.7. The topological polar surface area (TPSA) is 246 Å². The van der Waals surface area contributed by atoms with Crippen LogP contribution in [0.25, 0.3) is 54.7 Å². The number of rotatable bonds is 48. The number of methoxy groups -OCH3 is 2. The van der Waals surface area contributed by atoms with Gasteiger partial charge >= 0.3 is 53.7 Å². The van der Waals surface area contributed by atoms with E-state index < -0.39 is 5.97 Å². The molecule has 0 radical (unpaired) electrons. The molecule has 19 heteroatoms. The minimum Gasteiger partial charge on any atom is -0.466 e. The van der Waals surface area contributed by atoms with E-state index in [9.17, 15) is 43.2 Å². The van der Waals surface area contributed by atoms with Crippen LogP contribution in [0.2, 0.25) is 0 Å². The molecule has 0 saturated carbocycles. The molecule has 9 rings (SSSR count). The van der Waals surface area contributed by atoms with Crippen LogP contribution in [0.3, 0.4) is 0 Å². The average molecular weight is 1880 g/mol. The van der Waals surface area contributed by atoms with Crippen LogP contribution in [-0.4, -0.2) is 121 Å². The van der Waals surface area contributed by atoms with Gasteiger partial charge in [-0.25, -0.2) is 43.2 Å². The lowest BCUT2D eigenvalue weighted by atomic mass is 10.1. The van der Waals surface area contributed by atoms with Crippen LogP contribution < -0.4 is 0 Å². The van der Waals surface area contributed by atoms with Gasteiger partial charge in [-0.1, -0.05) is 411 Å². The number of hydrogen-bond donors (Lipinski definition) is 0. The predicted octanol–water partition coefficient (Wildman–Crippen LogP) is 27.8. The average Bonchev–Trinajstić information content (AvgIpc) is 0.998. The molecule has 0 N–H and O–H groups in total. The Balaban J connectivity index is 0.000000779. The SMILES string of the molecule is CCCCCCCCOC(=O)/C=C/c1ccccc1.CCCCCCCOC(=O)/C=C/c1ccccc1.CCCCCCOC(=O)/C=C/c1ccccc1.CCCCCOC(=O)/C=C/c1ccccc1.CCCCOC(=O)/C=C/c1ccccc1.CCCOC(=O)/C=C/c1ccccc1.CCOC(=O)/C=C/c1ccccc1.COC(=O)/C=C/c1ccccc1.COCOC(=O)/C=C/c1ccccc1. The maximum Gasteiger partial charge on any atom is 0.332 e. The molecule has 0 fully saturated rings. The first kappa shape index (κ1) is 122. The van der Waals surface area contributed by atoms with E-state index in [2.05, 4.69) is 48.8 Å². The number of hydrogen-bond acceptors (Lipinski definition) is 19. The van der Waals surface area contributed by atoms with Gasteiger partial charge in [0.15, 0.2) is 6.79 Å². The van der Waals surface area contributed by atoms with Gasteiger partial charge in [-0.05, 0) is 150 Å². The highest BCUT2D eigenvalue weighted by molar-refractivity contribution is 5.91. The van der Waals surface area contributed by atoms with Crippen LogP contribution in [0.15, 0.2) is 328 Å². The van der Waals surface area contributed by atoms with E-state index in [-0.39, 0.29) is 54.5 Å². The van der Waals surface area contributed by atoms with Gasteiger partial charge in [0, 0.05) is 61.8 Å². The lowest BCUT2D eigenvalue weighted by Crippen LogP contribution is -2.03. The van der Waals surface area contributed by atoms with Crippen LogP contribution in [0.1, 0.15) is 233 Å². The van der Waals surface area contributed by atoms with Gasteiger partial charge < -0.3 is 47.4 Å². The molecule has 0 unspecified atom stereocenters. The van der Waals surface area contributed by atoms with Crippen molar-refractivity contribution >= 4 is 108 Å². The van der Waals surface area contributed by atoms with Crippen LogP contribution >= 0.6 is 0 Å². The Labute approximate surface area is 822 Å². The van der Waals surface area contributed by atoms with Gasteiger partial charge in [0.1, 0.15) is 0 Å². The lowest BCUT2D eigenvalue weighted by molar-refractivity contribution is -0.148. The molecule has 19 nitrogen and oxygen atoms in total. The van der Waals surface area contributed by atoms with Crippen molar-refractivity contribution in [1.82, 2.24) is 0 Å². The molecule has 0 amide bonds. The van der Waals surface area contributed by atoms with Crippen LogP contribution in [0.5, 0.6) is 0 Å². The Kier molecular flexibility index (Phi) is 80.0. The monoisotopic (exact) mass is 1880 g/mol. The van der Waals surface area contributed by atoms with Gasteiger partial charge in [0.2, 0.25) is 0 Å². The molecule has 0 heterocycles. The van der Waals surface area contributed by atoms with Gasteiger partial charge in [0.25, 0.3) is 0 Å². The van der Waals surface area contributed by atoms with Crippen molar-refractivity contribution in [2.75, 3.05) is 67.3 Å². The van der Waals surface area contributed by atoms with E-state index in [0.717, 1.165) is 127 Å². The molecule has 738 valence electrons. The third-order valence-corrected chi connectivity index (χ3v) is 18.4. The number of benzene rings is 9. The van der Waals surface area contributed by atoms with Crippen molar-refractivity contribution in [3.8, 4) is 0 Å². The molecule has 0 atom stereocenters. The Morgan fingerprint density at radius 3 is 0.551 bits per heavy atom. The minimum atomic E-state index is -0.407. The fourth-order valence-corrected chi connectivity index (χ4v) is 10.9. The van der Waals surface area contributed by atoms with Crippen molar-refractivity contribution in [1.29, 1.82) is 0 Å². The summed E-state index contributed by atoms with van der Waals surface area (Å²) in [6, 6.07) is 87.0. The second-order valence-corrected chi connectivity index (χ2v) is 30.1. The zero-order valence-electron chi connectivity index (χ0n) is 82.6. The Morgan fingerprint density at radius 2 is 0.348 bits per heavy atom. The van der Waals surface area contributed by atoms with E-state index >= 15 is 0 Å². The van der Waals surface area contributed by atoms with E-state index in [1.165, 1.54) is 127 Å². The van der Waals surface area contributed by atoms with Crippen LogP contribution in [0, 0.1) is 0 Å². The Hall–Kier alpha value is -14.2. The Morgan fingerprint density at radius 1 is 0.181 bits per heavy atom. The van der Waals surface area contributed by atoms with Crippen molar-refractivity contribution in [2.24, 2.45) is 0 Å². The first-order chi connectivity index (χ1) is 67.4. The minimum absolute atomic E-state index is 0.0159. The molecule has 0 bridgehead atoms. The lowest BCUT2D eigenvalue weighted by Gasteiger charge is -2.02. The van der Waals surface area contributed by atoms with E-state index in [4.69, 9.17) is 33.2 Å². The zero-order chi connectivity index (χ0) is 101. The molecule has 0 aliphatic carbocycles. The number of carbonyl (C=O) groups is 9. The summed E-state index contributed by atoms with van der Waals surface area (Å²) >= 11 is 0. The molecule has 0 saturated heterocycles. The first-order valence-electron chi connectivity index (χ1n) is 47.9. The molecule has 0 spiro atoms. The number of carbonyl (C=O) groups excluding carboxylic acids is 9. The maximum absolute atomic E-state index is 11.4. The highest BCUT2D eigenvalue weighted by atomic mass is 16.7. The second kappa shape index (κ2) is 90.6. The largest absolute Gasteiger partial charge is 0.466 e. The second-order valence-electron chi connectivity index (χ2n) is 30.1. The maximum atomic E-state index is 11.4. The number of esters is 9. The van der Waals surface area contributed by atoms with Crippen LogP contribution in [0.4, 0.5) is 0 Å². The summed E-state index contributed by atoms with van der Waals surface area (Å²) in [5, 5.41) is 0. The summed E-state index contributed by atoms with van der Waals surface area (Å²) in [4.78, 5) is 100. The number of unbranched alkanes of at least 4 members (excludes halogenated alkanes) is 15. The summed E-state index contributed by atoms with van der Waals surface area (Å²) in [5.74, 6) is -2.62. The van der Waals surface area contributed by atoms with Crippen molar-refractivity contribution in [3.05, 3.63) is 378 Å². The third kappa shape index (κ3) is 78.2. The first-order valence-corrected chi connectivity index (χ1v) is 47.9. The molecule has 0 aliphatic rings. The van der Waals surface area contributed by atoms with E-state index in [1.807, 2.05) is 280 Å². The molecule has 9 aromatic carbocycles. The smallest absolute Gasteiger partial charge is 0.332 e. The molecular weight excluding hydrogens is 1730 g/mol. The standard InChI is InChI=1S/C17H24O2.C16H22O2.C15H20O2.C14H18O2.C13H16O2.C12H14O2.C11H12O3.C11H12O2.C10H10O2/c1-2-3-4-5-6-10-15-19-17(18)14-13-16-11-8-7-9-12-16;1-2-3-4-5-9-14-18-16(17)13-12-15-10-7-6-8-11-15;1-2-3-4-8-13-17-15(16)12-11-14-9-6-5-7-10-14;1-2-3-7-12-16-14(15)11-10-13-8-5-4-6-9-13;1-2-3-11-15-13(14)10-9-12-7-5-4-6-8-12;1-2-10-14-12(13)9-8-11-6-4-3-5-7-11;1-13-9-14-11(12)8-7-10-5-3-2-4-6-10;1-2-13-11(12)9-8-10-6-4-3-5-7-10;1-12-10(11)8-7-9-5-3-2-4-6-9/h7-9,11-14H,2-6,10,15H2,1H3;6-8,10-13H,2-5,9,14H2,1H3;5-7,9-12H,2-4,8,13H2,1H3;4-6,8-11H,2-3,7,12H2,1H3;4-10H,2-3,11H2,1H3;3-9H,2,10H2,1H3;2-8H,9H2,1H3;3-9H,2H2,1H3;2-8H,1H3/b14-13+;13-12+;12-11+;11-10+;10-9+;9-8+;8-7+;9-8+;8-7+. The predicted molar refractivity (Wildman–Crippen MR) is 563 cm³/mol. The summed E-state index contributed by atoms with van der Waals surface area (Å²) in [7, 11) is 2.83. The highest BCUT2D eigenvalue weighted by Crippen LogP contribution is 2.12. The van der Waals surface area contributed by atoms with E-state index in [1.54, 1.807) is 61.6 Å². The third-order valence-electron chi connectivity index (χ3n) is 18.4. The molecule has 138 heavy (non-hydrogen) atoms. The van der Waals surface area contributed by atoms with Gasteiger partial charge in [-0.2, -0.15) is 0 Å². The van der Waals surface area contributed by atoms with Crippen molar-refractivity contribution in [2.45, 2.75) is 183 Å². The summed E-state index contributed by atoms with van der Waals surface area (Å²) in [6.45, 7) is 18.0. The molecular formula is C119H148O19. The fourth-order valence-electron chi connectivity index (χ4n) is 10.9. The summed E-state index contributed by atoms with van der Waals surface area (Å²) in [5.41, 5.74) is 8.99. The van der Waals surface area contributed by atoms with Crippen molar-refractivity contribution in [3.63, 3.8) is 0 Å². The van der Waals surface area contributed by atoms with Gasteiger partial charge in [-0.15, -0.1) is 0 Å². The van der Waals surface area contributed by atoms with Gasteiger partial charge in [0.05, 0.1) is 53.4 Å². The zero-order valence-corrected chi connectivity index (χ0v) is 82.6. The highest BCUT2D eigenvalue weighted by Gasteiger charge is 2.04. The Bertz CT molecular complexity index is 4750. The number of ether oxygens (including phenoxy) is 10. The quantitative estimate of drug-likeness (QED) is 0.0113. The van der Waals surface area contributed by atoms with Crippen LogP contribution in [-0.2, 0) is 90.5 Å². The van der Waals surface area contributed by atoms with Crippen molar-refractivity contribution < 1.29 is 90.5 Å². The van der Waals surface area contributed by atoms with E-state index in [0.29, 0.717) is 46.2 Å². The van der Waals surface area contributed by atoms with Gasteiger partial charge in [-0.3, -0.25) is 0 Å². The normalized spacial score (nSPS) is 10.5. The molecule has 9 aromatic rings. The fraction of sp³-hybridized carbons (Fsp3) is 0.319. The molecule has 0 aliphatic heterocycles.